The van der Waals surface area contributed by atoms with Gasteiger partial charge in [0.25, 0.3) is 0 Å². The van der Waals surface area contributed by atoms with Crippen molar-refractivity contribution in [1.29, 1.82) is 0 Å². The number of hydrogen-bond acceptors (Lipinski definition) is 6. The lowest BCUT2D eigenvalue weighted by atomic mass is 10.1. The maximum Gasteiger partial charge on any atom is 0.230 e. The molecule has 2 aromatic heterocycles. The molecule has 0 atom stereocenters. The summed E-state index contributed by atoms with van der Waals surface area (Å²) in [6, 6.07) is 3.47. The highest BCUT2D eigenvalue weighted by Gasteiger charge is 2.16. The van der Waals surface area contributed by atoms with Crippen LogP contribution in [0.3, 0.4) is 0 Å². The molecule has 1 aromatic carbocycles. The molecule has 9 heteroatoms. The number of carbonyl (C=O) groups excluding carboxylic acids is 1. The van der Waals surface area contributed by atoms with Crippen LogP contribution < -0.4 is 5.32 Å². The first kappa shape index (κ1) is 17.6. The standard InChI is InChI=1S/C16H13F2N3O2S2/c1-8-15(25-14(6-22)19-8)12-7-24-16(20-12)21-13(23)5-9-10(17)3-2-4-11(9)18/h2-4,7,22H,5-6H2,1H3,(H,20,21,23). The van der Waals surface area contributed by atoms with E-state index in [4.69, 9.17) is 5.11 Å². The number of thiazole rings is 2. The van der Waals surface area contributed by atoms with Gasteiger partial charge in [0.05, 0.1) is 29.3 Å². The number of halogens is 2. The fourth-order valence-electron chi connectivity index (χ4n) is 2.22. The summed E-state index contributed by atoms with van der Waals surface area (Å²) < 4.78 is 27.2. The molecule has 3 aromatic rings. The lowest BCUT2D eigenvalue weighted by Crippen LogP contribution is -2.16. The first-order valence-corrected chi connectivity index (χ1v) is 8.93. The van der Waals surface area contributed by atoms with E-state index in [1.54, 1.807) is 5.38 Å². The van der Waals surface area contributed by atoms with Crippen molar-refractivity contribution >= 4 is 33.7 Å². The lowest BCUT2D eigenvalue weighted by molar-refractivity contribution is -0.115. The van der Waals surface area contributed by atoms with Gasteiger partial charge in [-0.1, -0.05) is 6.07 Å². The molecule has 3 rings (SSSR count). The average Bonchev–Trinajstić information content (AvgIpc) is 3.17. The summed E-state index contributed by atoms with van der Waals surface area (Å²) in [7, 11) is 0. The molecule has 130 valence electrons. The molecule has 2 heterocycles. The van der Waals surface area contributed by atoms with Gasteiger partial charge in [0.1, 0.15) is 16.6 Å². The van der Waals surface area contributed by atoms with Crippen LogP contribution in [0, 0.1) is 18.6 Å². The van der Waals surface area contributed by atoms with Gasteiger partial charge in [-0.15, -0.1) is 22.7 Å². The zero-order valence-corrected chi connectivity index (χ0v) is 14.7. The number of aryl methyl sites for hydroxylation is 1. The molecular formula is C16H13F2N3O2S2. The van der Waals surface area contributed by atoms with Crippen LogP contribution in [0.15, 0.2) is 23.6 Å². The molecule has 0 aliphatic carbocycles. The van der Waals surface area contributed by atoms with E-state index in [0.29, 0.717) is 15.8 Å². The molecule has 5 nitrogen and oxygen atoms in total. The SMILES string of the molecule is Cc1nc(CO)sc1-c1csc(NC(=O)Cc2c(F)cccc2F)n1. The molecule has 0 saturated heterocycles. The topological polar surface area (TPSA) is 75.1 Å². The minimum atomic E-state index is -0.758. The summed E-state index contributed by atoms with van der Waals surface area (Å²) in [4.78, 5) is 21.4. The van der Waals surface area contributed by atoms with E-state index in [2.05, 4.69) is 15.3 Å². The van der Waals surface area contributed by atoms with Crippen LogP contribution in [0.5, 0.6) is 0 Å². The van der Waals surface area contributed by atoms with Crippen molar-refractivity contribution < 1.29 is 18.7 Å². The molecule has 0 aliphatic rings. The molecule has 0 bridgehead atoms. The van der Waals surface area contributed by atoms with Crippen molar-refractivity contribution in [3.63, 3.8) is 0 Å². The predicted octanol–water partition coefficient (Wildman–Crippen LogP) is 3.53. The molecule has 0 radical (unpaired) electrons. The van der Waals surface area contributed by atoms with E-state index in [9.17, 15) is 13.6 Å². The Hall–Kier alpha value is -2.23. The molecule has 0 saturated carbocycles. The van der Waals surface area contributed by atoms with E-state index < -0.39 is 24.0 Å². The highest BCUT2D eigenvalue weighted by atomic mass is 32.1. The number of benzene rings is 1. The van der Waals surface area contributed by atoms with Crippen LogP contribution in [0.4, 0.5) is 13.9 Å². The van der Waals surface area contributed by atoms with Crippen molar-refractivity contribution in [2.45, 2.75) is 20.0 Å². The Bertz CT molecular complexity index is 904. The van der Waals surface area contributed by atoms with Crippen LogP contribution in [-0.4, -0.2) is 21.0 Å². The molecule has 0 aliphatic heterocycles. The largest absolute Gasteiger partial charge is 0.389 e. The highest BCUT2D eigenvalue weighted by Crippen LogP contribution is 2.32. The fraction of sp³-hybridized carbons (Fsp3) is 0.188. The third kappa shape index (κ3) is 3.89. The van der Waals surface area contributed by atoms with Crippen molar-refractivity contribution in [3.8, 4) is 10.6 Å². The van der Waals surface area contributed by atoms with Crippen LogP contribution in [0.25, 0.3) is 10.6 Å². The van der Waals surface area contributed by atoms with Crippen molar-refractivity contribution in [2.24, 2.45) is 0 Å². The van der Waals surface area contributed by atoms with E-state index in [0.717, 1.165) is 22.7 Å². The van der Waals surface area contributed by atoms with Gasteiger partial charge < -0.3 is 10.4 Å². The molecular weight excluding hydrogens is 368 g/mol. The Morgan fingerprint density at radius 3 is 2.64 bits per heavy atom. The quantitative estimate of drug-likeness (QED) is 0.709. The molecule has 0 unspecified atom stereocenters. The number of nitrogens with zero attached hydrogens (tertiary/aromatic N) is 2. The van der Waals surface area contributed by atoms with E-state index in [1.807, 2.05) is 6.92 Å². The van der Waals surface area contributed by atoms with Gasteiger partial charge in [0.2, 0.25) is 5.91 Å². The summed E-state index contributed by atoms with van der Waals surface area (Å²) >= 11 is 2.53. The number of anilines is 1. The van der Waals surface area contributed by atoms with Crippen LogP contribution in [-0.2, 0) is 17.8 Å². The van der Waals surface area contributed by atoms with E-state index in [1.165, 1.54) is 28.7 Å². The second kappa shape index (κ2) is 7.34. The monoisotopic (exact) mass is 381 g/mol. The van der Waals surface area contributed by atoms with Gasteiger partial charge in [0.15, 0.2) is 5.13 Å². The van der Waals surface area contributed by atoms with Gasteiger partial charge in [-0.2, -0.15) is 0 Å². The summed E-state index contributed by atoms with van der Waals surface area (Å²) in [6.07, 6.45) is -0.415. The number of carbonyl (C=O) groups is 1. The van der Waals surface area contributed by atoms with Crippen LogP contribution in [0.1, 0.15) is 16.3 Å². The van der Waals surface area contributed by atoms with Gasteiger partial charge in [-0.05, 0) is 19.1 Å². The number of aliphatic hydroxyl groups excluding tert-OH is 1. The van der Waals surface area contributed by atoms with Gasteiger partial charge in [-0.3, -0.25) is 4.79 Å². The van der Waals surface area contributed by atoms with Gasteiger partial charge in [-0.25, -0.2) is 18.7 Å². The van der Waals surface area contributed by atoms with Gasteiger partial charge in [0, 0.05) is 10.9 Å². The fourth-order valence-corrected chi connectivity index (χ4v) is 3.90. The predicted molar refractivity (Wildman–Crippen MR) is 92.6 cm³/mol. The number of aromatic nitrogens is 2. The second-order valence-electron chi connectivity index (χ2n) is 5.14. The second-order valence-corrected chi connectivity index (χ2v) is 7.09. The molecule has 0 fully saturated rings. The third-order valence-electron chi connectivity index (χ3n) is 3.36. The summed E-state index contributed by atoms with van der Waals surface area (Å²) in [5.74, 6) is -2.07. The zero-order valence-electron chi connectivity index (χ0n) is 13.0. The van der Waals surface area contributed by atoms with Gasteiger partial charge >= 0.3 is 0 Å². The summed E-state index contributed by atoms with van der Waals surface area (Å²) in [5.41, 5.74) is 1.10. The Morgan fingerprint density at radius 1 is 1.28 bits per heavy atom. The Morgan fingerprint density at radius 2 is 2.00 bits per heavy atom. The Labute approximate surface area is 150 Å². The first-order valence-electron chi connectivity index (χ1n) is 7.23. The number of amides is 1. The van der Waals surface area contributed by atoms with Crippen molar-refractivity contribution in [2.75, 3.05) is 5.32 Å². The Kier molecular flexibility index (Phi) is 5.16. The third-order valence-corrected chi connectivity index (χ3v) is 5.28. The molecule has 0 spiro atoms. The highest BCUT2D eigenvalue weighted by molar-refractivity contribution is 7.17. The summed E-state index contributed by atoms with van der Waals surface area (Å²) in [6.45, 7) is 1.66. The normalized spacial score (nSPS) is 10.9. The number of nitrogens with one attached hydrogen (secondary N) is 1. The van der Waals surface area contributed by atoms with Crippen molar-refractivity contribution in [3.05, 3.63) is 51.5 Å². The number of rotatable bonds is 5. The van der Waals surface area contributed by atoms with E-state index >= 15 is 0 Å². The number of aliphatic hydroxyl groups is 1. The molecule has 1 amide bonds. The van der Waals surface area contributed by atoms with Crippen LogP contribution >= 0.6 is 22.7 Å². The average molecular weight is 381 g/mol. The van der Waals surface area contributed by atoms with Crippen molar-refractivity contribution in [1.82, 2.24) is 9.97 Å². The number of hydrogen-bond donors (Lipinski definition) is 2. The smallest absolute Gasteiger partial charge is 0.230 e. The maximum atomic E-state index is 13.6. The van der Waals surface area contributed by atoms with Crippen LogP contribution in [0.2, 0.25) is 0 Å². The minimum absolute atomic E-state index is 0.145. The Balaban J connectivity index is 1.73. The molecule has 2 N–H and O–H groups in total. The zero-order chi connectivity index (χ0) is 18.0. The minimum Gasteiger partial charge on any atom is -0.389 e. The maximum absolute atomic E-state index is 13.6. The molecule has 25 heavy (non-hydrogen) atoms. The summed E-state index contributed by atoms with van der Waals surface area (Å²) in [5, 5.41) is 14.4. The van der Waals surface area contributed by atoms with E-state index in [-0.39, 0.29) is 12.2 Å². The lowest BCUT2D eigenvalue weighted by Gasteiger charge is -2.04. The first-order chi connectivity index (χ1) is 12.0.